The van der Waals surface area contributed by atoms with Gasteiger partial charge in [0.1, 0.15) is 0 Å². The molecule has 1 N–H and O–H groups in total. The summed E-state index contributed by atoms with van der Waals surface area (Å²) in [6, 6.07) is 3.29. The van der Waals surface area contributed by atoms with Crippen LogP contribution in [0.1, 0.15) is 18.1 Å². The van der Waals surface area contributed by atoms with Crippen LogP contribution >= 0.6 is 0 Å². The van der Waals surface area contributed by atoms with Gasteiger partial charge in [-0.15, -0.1) is 0 Å². The van der Waals surface area contributed by atoms with Gasteiger partial charge < -0.3 is 5.32 Å². The zero-order valence-electron chi connectivity index (χ0n) is 8.83. The Hall–Kier alpha value is -1.91. The lowest BCUT2D eigenvalue weighted by molar-refractivity contribution is -0.386. The SMILES string of the molecule is CC(=O)Nc1ccc(C)c([N+](=O)[O-])c1C. The number of carbonyl (C=O) groups excluding carboxylic acids is 1. The van der Waals surface area contributed by atoms with Gasteiger partial charge in [-0.1, -0.05) is 6.07 Å². The number of hydrogen-bond acceptors (Lipinski definition) is 3. The fourth-order valence-electron chi connectivity index (χ4n) is 1.44. The van der Waals surface area contributed by atoms with Gasteiger partial charge in [-0.05, 0) is 19.9 Å². The Kier molecular flexibility index (Phi) is 3.04. The van der Waals surface area contributed by atoms with Crippen LogP contribution in [0.5, 0.6) is 0 Å². The Balaban J connectivity index is 3.28. The van der Waals surface area contributed by atoms with E-state index in [9.17, 15) is 14.9 Å². The van der Waals surface area contributed by atoms with E-state index in [0.717, 1.165) is 0 Å². The van der Waals surface area contributed by atoms with Crippen LogP contribution in [0, 0.1) is 24.0 Å². The Morgan fingerprint density at radius 1 is 1.40 bits per heavy atom. The van der Waals surface area contributed by atoms with E-state index in [4.69, 9.17) is 0 Å². The highest BCUT2D eigenvalue weighted by Gasteiger charge is 2.17. The smallest absolute Gasteiger partial charge is 0.277 e. The summed E-state index contributed by atoms with van der Waals surface area (Å²) in [5.74, 6) is -0.240. The third kappa shape index (κ3) is 2.31. The maximum Gasteiger partial charge on any atom is 0.277 e. The van der Waals surface area contributed by atoms with Crippen molar-refractivity contribution in [3.05, 3.63) is 33.4 Å². The quantitative estimate of drug-likeness (QED) is 0.598. The number of anilines is 1. The van der Waals surface area contributed by atoms with Crippen molar-refractivity contribution < 1.29 is 9.72 Å². The molecular formula is C10H12N2O3. The molecule has 0 fully saturated rings. The molecule has 1 aromatic rings. The van der Waals surface area contributed by atoms with E-state index in [2.05, 4.69) is 5.32 Å². The Labute approximate surface area is 87.3 Å². The summed E-state index contributed by atoms with van der Waals surface area (Å²) in [7, 11) is 0. The highest BCUT2D eigenvalue weighted by molar-refractivity contribution is 5.90. The zero-order chi connectivity index (χ0) is 11.6. The highest BCUT2D eigenvalue weighted by Crippen LogP contribution is 2.28. The van der Waals surface area contributed by atoms with Gasteiger partial charge in [0, 0.05) is 12.5 Å². The fraction of sp³-hybridized carbons (Fsp3) is 0.300. The number of nitro benzene ring substituents is 1. The van der Waals surface area contributed by atoms with Crippen molar-refractivity contribution in [1.29, 1.82) is 0 Å². The molecule has 5 heteroatoms. The molecular weight excluding hydrogens is 196 g/mol. The summed E-state index contributed by atoms with van der Waals surface area (Å²) >= 11 is 0. The predicted molar refractivity (Wildman–Crippen MR) is 56.9 cm³/mol. The van der Waals surface area contributed by atoms with Crippen molar-refractivity contribution in [1.82, 2.24) is 0 Å². The third-order valence-electron chi connectivity index (χ3n) is 2.13. The van der Waals surface area contributed by atoms with Gasteiger partial charge >= 0.3 is 0 Å². The van der Waals surface area contributed by atoms with E-state index < -0.39 is 4.92 Å². The van der Waals surface area contributed by atoms with Crippen LogP contribution in [0.4, 0.5) is 11.4 Å². The van der Waals surface area contributed by atoms with Crippen LogP contribution in [-0.4, -0.2) is 10.8 Å². The summed E-state index contributed by atoms with van der Waals surface area (Å²) in [6.45, 7) is 4.66. The second-order valence-electron chi connectivity index (χ2n) is 3.34. The molecule has 0 aliphatic carbocycles. The van der Waals surface area contributed by atoms with E-state index in [1.165, 1.54) is 6.92 Å². The molecule has 0 saturated carbocycles. The van der Waals surface area contributed by atoms with Crippen molar-refractivity contribution in [2.24, 2.45) is 0 Å². The maximum absolute atomic E-state index is 10.9. The van der Waals surface area contributed by atoms with Gasteiger partial charge in [0.2, 0.25) is 5.91 Å². The number of nitro groups is 1. The summed E-state index contributed by atoms with van der Waals surface area (Å²) in [5, 5.41) is 13.3. The van der Waals surface area contributed by atoms with Crippen molar-refractivity contribution in [3.63, 3.8) is 0 Å². The number of aryl methyl sites for hydroxylation is 1. The van der Waals surface area contributed by atoms with Gasteiger partial charge in [0.25, 0.3) is 5.69 Å². The van der Waals surface area contributed by atoms with Crippen LogP contribution in [0.25, 0.3) is 0 Å². The summed E-state index contributed by atoms with van der Waals surface area (Å²) in [4.78, 5) is 21.2. The molecule has 0 aromatic heterocycles. The molecule has 0 bridgehead atoms. The van der Waals surface area contributed by atoms with E-state index in [1.54, 1.807) is 26.0 Å². The average Bonchev–Trinajstić information content (AvgIpc) is 2.09. The summed E-state index contributed by atoms with van der Waals surface area (Å²) in [6.07, 6.45) is 0. The zero-order valence-corrected chi connectivity index (χ0v) is 8.83. The molecule has 0 saturated heterocycles. The number of nitrogens with zero attached hydrogens (tertiary/aromatic N) is 1. The first-order chi connectivity index (χ1) is 6.93. The lowest BCUT2D eigenvalue weighted by Crippen LogP contribution is -2.08. The molecule has 0 aliphatic heterocycles. The maximum atomic E-state index is 10.9. The van der Waals surface area contributed by atoms with E-state index in [0.29, 0.717) is 16.8 Å². The van der Waals surface area contributed by atoms with Crippen LogP contribution < -0.4 is 5.32 Å². The molecule has 1 amide bonds. The van der Waals surface area contributed by atoms with E-state index >= 15 is 0 Å². The molecule has 0 unspecified atom stereocenters. The number of hydrogen-bond donors (Lipinski definition) is 1. The van der Waals surface area contributed by atoms with E-state index in [1.807, 2.05) is 0 Å². The first-order valence-electron chi connectivity index (χ1n) is 4.45. The van der Waals surface area contributed by atoms with Crippen molar-refractivity contribution in [2.45, 2.75) is 20.8 Å². The number of nitrogens with one attached hydrogen (secondary N) is 1. The number of carbonyl (C=O) groups is 1. The molecule has 1 aromatic carbocycles. The van der Waals surface area contributed by atoms with Gasteiger partial charge in [-0.2, -0.15) is 0 Å². The van der Waals surface area contributed by atoms with Gasteiger partial charge in [-0.25, -0.2) is 0 Å². The topological polar surface area (TPSA) is 72.2 Å². The van der Waals surface area contributed by atoms with E-state index in [-0.39, 0.29) is 11.6 Å². The Morgan fingerprint density at radius 3 is 2.47 bits per heavy atom. The Bertz CT molecular complexity index is 427. The molecule has 80 valence electrons. The number of rotatable bonds is 2. The second-order valence-corrected chi connectivity index (χ2v) is 3.34. The van der Waals surface area contributed by atoms with Crippen LogP contribution in [0.3, 0.4) is 0 Å². The van der Waals surface area contributed by atoms with Crippen molar-refractivity contribution in [3.8, 4) is 0 Å². The molecule has 5 nitrogen and oxygen atoms in total. The molecule has 0 spiro atoms. The first-order valence-corrected chi connectivity index (χ1v) is 4.45. The Morgan fingerprint density at radius 2 is 2.00 bits per heavy atom. The lowest BCUT2D eigenvalue weighted by atomic mass is 10.1. The highest BCUT2D eigenvalue weighted by atomic mass is 16.6. The lowest BCUT2D eigenvalue weighted by Gasteiger charge is -2.08. The second kappa shape index (κ2) is 4.08. The van der Waals surface area contributed by atoms with Crippen molar-refractivity contribution in [2.75, 3.05) is 5.32 Å². The van der Waals surface area contributed by atoms with Crippen molar-refractivity contribution >= 4 is 17.3 Å². The average molecular weight is 208 g/mol. The van der Waals surface area contributed by atoms with Crippen LogP contribution in [0.15, 0.2) is 12.1 Å². The fourth-order valence-corrected chi connectivity index (χ4v) is 1.44. The van der Waals surface area contributed by atoms with Crippen LogP contribution in [0.2, 0.25) is 0 Å². The van der Waals surface area contributed by atoms with Gasteiger partial charge in [0.15, 0.2) is 0 Å². The normalized spacial score (nSPS) is 9.80. The molecule has 0 heterocycles. The van der Waals surface area contributed by atoms with Gasteiger partial charge in [-0.3, -0.25) is 14.9 Å². The summed E-state index contributed by atoms with van der Waals surface area (Å²) in [5.41, 5.74) is 1.61. The molecule has 1 rings (SSSR count). The predicted octanol–water partition coefficient (Wildman–Crippen LogP) is 2.17. The van der Waals surface area contributed by atoms with Crippen LogP contribution in [-0.2, 0) is 4.79 Å². The number of amides is 1. The largest absolute Gasteiger partial charge is 0.326 e. The molecule has 0 aliphatic rings. The molecule has 0 radical (unpaired) electrons. The number of benzene rings is 1. The first kappa shape index (κ1) is 11.2. The van der Waals surface area contributed by atoms with Gasteiger partial charge in [0.05, 0.1) is 16.2 Å². The minimum atomic E-state index is -0.435. The third-order valence-corrected chi connectivity index (χ3v) is 2.13. The standard InChI is InChI=1S/C10H12N2O3/c1-6-4-5-9(11-8(3)13)7(2)10(6)12(14)15/h4-5H,1-3H3,(H,11,13). The monoisotopic (exact) mass is 208 g/mol. The molecule has 15 heavy (non-hydrogen) atoms. The minimum absolute atomic E-state index is 0.0567. The minimum Gasteiger partial charge on any atom is -0.326 e. The molecule has 0 atom stereocenters. The summed E-state index contributed by atoms with van der Waals surface area (Å²) < 4.78 is 0.